The Balaban J connectivity index is 1.38. The molecule has 2 fully saturated rings. The van der Waals surface area contributed by atoms with Crippen molar-refractivity contribution in [1.29, 1.82) is 0 Å². The minimum absolute atomic E-state index is 0.127. The zero-order valence-electron chi connectivity index (χ0n) is 18.5. The molecule has 0 bridgehead atoms. The van der Waals surface area contributed by atoms with Crippen molar-refractivity contribution in [3.63, 3.8) is 0 Å². The highest BCUT2D eigenvalue weighted by Crippen LogP contribution is 2.38. The molecule has 7 heteroatoms. The quantitative estimate of drug-likeness (QED) is 0.661. The first-order valence-electron chi connectivity index (χ1n) is 11.1. The van der Waals surface area contributed by atoms with Crippen molar-refractivity contribution in [3.8, 4) is 5.75 Å². The summed E-state index contributed by atoms with van der Waals surface area (Å²) in [5.74, 6) is 0.991. The molecule has 1 saturated carbocycles. The average Bonchev–Trinajstić information content (AvgIpc) is 3.04. The molecule has 4 amide bonds. The van der Waals surface area contributed by atoms with Crippen LogP contribution < -0.4 is 15.4 Å². The molecule has 1 aliphatic carbocycles. The molecule has 0 aromatic heterocycles. The van der Waals surface area contributed by atoms with Crippen LogP contribution in [0.3, 0.4) is 0 Å². The van der Waals surface area contributed by atoms with Crippen molar-refractivity contribution in [2.75, 3.05) is 12.4 Å². The van der Waals surface area contributed by atoms with Gasteiger partial charge in [-0.1, -0.05) is 25.5 Å². The number of imide groups is 1. The van der Waals surface area contributed by atoms with Gasteiger partial charge in [-0.15, -0.1) is 0 Å². The average molecular weight is 436 g/mol. The van der Waals surface area contributed by atoms with Crippen molar-refractivity contribution in [1.82, 2.24) is 10.2 Å². The summed E-state index contributed by atoms with van der Waals surface area (Å²) in [7, 11) is 1.59. The molecule has 32 heavy (non-hydrogen) atoms. The fraction of sp³-hybridized carbons (Fsp3) is 0.400. The second-order valence-electron chi connectivity index (χ2n) is 8.63. The highest BCUT2D eigenvalue weighted by molar-refractivity contribution is 6.07. The number of carbonyl (C=O) groups excluding carboxylic acids is 3. The maximum Gasteiger partial charge on any atom is 0.325 e. The first kappa shape index (κ1) is 21.9. The molecular formula is C25H29N3O4. The van der Waals surface area contributed by atoms with Gasteiger partial charge in [0.1, 0.15) is 11.3 Å². The van der Waals surface area contributed by atoms with Gasteiger partial charge in [-0.2, -0.15) is 0 Å². The van der Waals surface area contributed by atoms with Gasteiger partial charge in [-0.3, -0.25) is 14.5 Å². The molecule has 2 aromatic rings. The molecule has 2 aromatic carbocycles. The highest BCUT2D eigenvalue weighted by Gasteiger charge is 2.52. The van der Waals surface area contributed by atoms with E-state index in [-0.39, 0.29) is 24.4 Å². The molecule has 0 radical (unpaired) electrons. The Kier molecular flexibility index (Phi) is 6.17. The van der Waals surface area contributed by atoms with Crippen LogP contribution in [0.5, 0.6) is 5.75 Å². The lowest BCUT2D eigenvalue weighted by atomic mass is 9.75. The summed E-state index contributed by atoms with van der Waals surface area (Å²) in [5, 5.41) is 5.80. The van der Waals surface area contributed by atoms with Crippen LogP contribution in [0.1, 0.15) is 54.9 Å². The number of benzene rings is 2. The molecule has 168 valence electrons. The minimum Gasteiger partial charge on any atom is -0.497 e. The Morgan fingerprint density at radius 3 is 2.34 bits per heavy atom. The van der Waals surface area contributed by atoms with E-state index < -0.39 is 5.54 Å². The lowest BCUT2D eigenvalue weighted by Crippen LogP contribution is -2.49. The van der Waals surface area contributed by atoms with E-state index in [1.54, 1.807) is 55.6 Å². The van der Waals surface area contributed by atoms with E-state index in [0.29, 0.717) is 35.8 Å². The van der Waals surface area contributed by atoms with Crippen LogP contribution in [-0.4, -0.2) is 35.4 Å². The van der Waals surface area contributed by atoms with Gasteiger partial charge in [0, 0.05) is 11.3 Å². The van der Waals surface area contributed by atoms with E-state index in [0.717, 1.165) is 24.8 Å². The third-order valence-corrected chi connectivity index (χ3v) is 6.69. The minimum atomic E-state index is -0.735. The lowest BCUT2D eigenvalue weighted by molar-refractivity contribution is -0.133. The second-order valence-corrected chi connectivity index (χ2v) is 8.63. The number of hydrogen-bond acceptors (Lipinski definition) is 4. The molecule has 0 unspecified atom stereocenters. The fourth-order valence-electron chi connectivity index (χ4n) is 4.56. The van der Waals surface area contributed by atoms with Crippen LogP contribution in [0.15, 0.2) is 48.5 Å². The summed E-state index contributed by atoms with van der Waals surface area (Å²) in [4.78, 5) is 39.5. The smallest absolute Gasteiger partial charge is 0.325 e. The van der Waals surface area contributed by atoms with E-state index >= 15 is 0 Å². The normalized spacial score (nSPS) is 22.7. The summed E-state index contributed by atoms with van der Waals surface area (Å²) < 4.78 is 5.12. The summed E-state index contributed by atoms with van der Waals surface area (Å²) in [6, 6.07) is 13.7. The van der Waals surface area contributed by atoms with Crippen LogP contribution in [0.2, 0.25) is 0 Å². The number of methoxy groups -OCH3 is 1. The molecule has 7 nitrogen and oxygen atoms in total. The molecule has 0 atom stereocenters. The highest BCUT2D eigenvalue weighted by atomic mass is 16.5. The molecule has 1 saturated heterocycles. The zero-order valence-corrected chi connectivity index (χ0v) is 18.5. The molecule has 2 N–H and O–H groups in total. The number of anilines is 1. The third-order valence-electron chi connectivity index (χ3n) is 6.69. The van der Waals surface area contributed by atoms with Gasteiger partial charge in [-0.05, 0) is 73.6 Å². The predicted octanol–water partition coefficient (Wildman–Crippen LogP) is 4.34. The largest absolute Gasteiger partial charge is 0.497 e. The second kappa shape index (κ2) is 9.02. The molecule has 1 heterocycles. The Morgan fingerprint density at radius 2 is 1.75 bits per heavy atom. The summed E-state index contributed by atoms with van der Waals surface area (Å²) in [6.07, 6.45) is 4.46. The van der Waals surface area contributed by atoms with Crippen LogP contribution >= 0.6 is 0 Å². The molecule has 2 aliphatic rings. The Bertz CT molecular complexity index is 993. The fourth-order valence-corrected chi connectivity index (χ4v) is 4.56. The zero-order chi connectivity index (χ0) is 22.7. The van der Waals surface area contributed by atoms with E-state index in [2.05, 4.69) is 17.6 Å². The Labute approximate surface area is 188 Å². The van der Waals surface area contributed by atoms with Gasteiger partial charge < -0.3 is 15.4 Å². The number of rotatable bonds is 6. The molecule has 1 spiro atoms. The Morgan fingerprint density at radius 1 is 1.09 bits per heavy atom. The third kappa shape index (κ3) is 4.33. The monoisotopic (exact) mass is 435 g/mol. The molecular weight excluding hydrogens is 406 g/mol. The van der Waals surface area contributed by atoms with Crippen molar-refractivity contribution >= 4 is 23.5 Å². The topological polar surface area (TPSA) is 87.7 Å². The summed E-state index contributed by atoms with van der Waals surface area (Å²) >= 11 is 0. The van der Waals surface area contributed by atoms with E-state index in [1.165, 1.54) is 4.90 Å². The van der Waals surface area contributed by atoms with E-state index in [4.69, 9.17) is 4.74 Å². The van der Waals surface area contributed by atoms with Crippen LogP contribution in [0.4, 0.5) is 10.5 Å². The van der Waals surface area contributed by atoms with Crippen molar-refractivity contribution in [2.24, 2.45) is 5.92 Å². The van der Waals surface area contributed by atoms with E-state index in [9.17, 15) is 14.4 Å². The van der Waals surface area contributed by atoms with Gasteiger partial charge in [0.15, 0.2) is 0 Å². The van der Waals surface area contributed by atoms with Crippen molar-refractivity contribution in [3.05, 3.63) is 59.7 Å². The van der Waals surface area contributed by atoms with Gasteiger partial charge in [0.2, 0.25) is 0 Å². The van der Waals surface area contributed by atoms with Gasteiger partial charge >= 0.3 is 6.03 Å². The number of nitrogens with zero attached hydrogens (tertiary/aromatic N) is 1. The predicted molar refractivity (Wildman–Crippen MR) is 121 cm³/mol. The van der Waals surface area contributed by atoms with E-state index in [1.807, 2.05) is 0 Å². The number of hydrogen-bond donors (Lipinski definition) is 2. The summed E-state index contributed by atoms with van der Waals surface area (Å²) in [5.41, 5.74) is 1.23. The standard InChI is InChI=1S/C25H29N3O4/c1-3-17-12-14-25(15-13-17)23(30)28(24(31)27-25)16-18-4-6-19(7-5-18)22(29)26-20-8-10-21(32-2)11-9-20/h4-11,17H,3,12-16H2,1-2H3,(H,26,29)(H,27,31). The number of ether oxygens (including phenoxy) is 1. The van der Waals surface area contributed by atoms with Gasteiger partial charge in [0.05, 0.1) is 13.7 Å². The van der Waals surface area contributed by atoms with Crippen LogP contribution in [-0.2, 0) is 11.3 Å². The number of amides is 4. The number of carbonyl (C=O) groups is 3. The van der Waals surface area contributed by atoms with Gasteiger partial charge in [0.25, 0.3) is 11.8 Å². The van der Waals surface area contributed by atoms with Crippen molar-refractivity contribution in [2.45, 2.75) is 51.1 Å². The van der Waals surface area contributed by atoms with Gasteiger partial charge in [-0.25, -0.2) is 4.79 Å². The van der Waals surface area contributed by atoms with Crippen LogP contribution in [0, 0.1) is 5.92 Å². The number of nitrogens with one attached hydrogen (secondary N) is 2. The van der Waals surface area contributed by atoms with Crippen LogP contribution in [0.25, 0.3) is 0 Å². The SMILES string of the molecule is CCC1CCC2(CC1)NC(=O)N(Cc1ccc(C(=O)Nc3ccc(OC)cc3)cc1)C2=O. The summed E-state index contributed by atoms with van der Waals surface area (Å²) in [6.45, 7) is 2.37. The Hall–Kier alpha value is -3.35. The first-order valence-corrected chi connectivity index (χ1v) is 11.1. The molecule has 4 rings (SSSR count). The lowest BCUT2D eigenvalue weighted by Gasteiger charge is -2.34. The maximum atomic E-state index is 13.1. The molecule has 1 aliphatic heterocycles. The number of urea groups is 1. The van der Waals surface area contributed by atoms with Crippen molar-refractivity contribution < 1.29 is 19.1 Å². The first-order chi connectivity index (χ1) is 15.4. The maximum absolute atomic E-state index is 13.1.